The van der Waals surface area contributed by atoms with E-state index in [1.54, 1.807) is 6.20 Å². The summed E-state index contributed by atoms with van der Waals surface area (Å²) >= 11 is 0. The molecule has 18 heavy (non-hydrogen) atoms. The standard InChI is InChI=1S/C10H14N6O2/c11-6-1-3-7(4-2-6)16-5-8(13-15-16)9-12-10(17)18-14-9/h5-7H,1-4,11H2,(H,12,14,17). The second kappa shape index (κ2) is 4.37. The molecule has 3 rings (SSSR count). The Morgan fingerprint density at radius 3 is 2.83 bits per heavy atom. The molecule has 0 spiro atoms. The van der Waals surface area contributed by atoms with Gasteiger partial charge in [-0.1, -0.05) is 10.4 Å². The van der Waals surface area contributed by atoms with E-state index < -0.39 is 5.76 Å². The lowest BCUT2D eigenvalue weighted by molar-refractivity contribution is 0.300. The van der Waals surface area contributed by atoms with Gasteiger partial charge in [0.1, 0.15) is 0 Å². The van der Waals surface area contributed by atoms with Crippen molar-refractivity contribution in [2.75, 3.05) is 0 Å². The highest BCUT2D eigenvalue weighted by Gasteiger charge is 2.21. The molecule has 8 nitrogen and oxygen atoms in total. The molecule has 1 saturated carbocycles. The molecule has 0 aliphatic heterocycles. The van der Waals surface area contributed by atoms with E-state index in [0.29, 0.717) is 23.6 Å². The molecule has 1 aliphatic carbocycles. The van der Waals surface area contributed by atoms with E-state index in [1.807, 2.05) is 4.68 Å². The summed E-state index contributed by atoms with van der Waals surface area (Å²) in [6.07, 6.45) is 5.77. The molecule has 0 aromatic carbocycles. The summed E-state index contributed by atoms with van der Waals surface area (Å²) in [7, 11) is 0. The maximum atomic E-state index is 10.9. The fourth-order valence-corrected chi connectivity index (χ4v) is 2.27. The Kier molecular flexibility index (Phi) is 2.71. The topological polar surface area (TPSA) is 116 Å². The third kappa shape index (κ3) is 2.06. The largest absolute Gasteiger partial charge is 0.439 e. The van der Waals surface area contributed by atoms with Crippen LogP contribution >= 0.6 is 0 Å². The zero-order valence-electron chi connectivity index (χ0n) is 9.74. The van der Waals surface area contributed by atoms with Crippen LogP contribution in [0, 0.1) is 0 Å². The van der Waals surface area contributed by atoms with Crippen LogP contribution in [0.4, 0.5) is 0 Å². The fourth-order valence-electron chi connectivity index (χ4n) is 2.27. The van der Waals surface area contributed by atoms with Crippen LogP contribution in [-0.2, 0) is 0 Å². The number of hydrogen-bond donors (Lipinski definition) is 2. The van der Waals surface area contributed by atoms with Crippen LogP contribution in [0.3, 0.4) is 0 Å². The van der Waals surface area contributed by atoms with Crippen LogP contribution in [0.1, 0.15) is 31.7 Å². The van der Waals surface area contributed by atoms with Gasteiger partial charge in [-0.3, -0.25) is 9.51 Å². The van der Waals surface area contributed by atoms with Crippen molar-refractivity contribution in [3.05, 3.63) is 16.7 Å². The molecule has 0 bridgehead atoms. The first kappa shape index (κ1) is 11.1. The second-order valence-corrected chi connectivity index (χ2v) is 4.60. The van der Waals surface area contributed by atoms with Gasteiger partial charge in [0.05, 0.1) is 12.2 Å². The lowest BCUT2D eigenvalue weighted by atomic mass is 9.92. The Morgan fingerprint density at radius 2 is 2.17 bits per heavy atom. The zero-order chi connectivity index (χ0) is 12.5. The van der Waals surface area contributed by atoms with Gasteiger partial charge in [-0.05, 0) is 25.7 Å². The van der Waals surface area contributed by atoms with Gasteiger partial charge in [0.2, 0.25) is 5.82 Å². The quantitative estimate of drug-likeness (QED) is 0.778. The van der Waals surface area contributed by atoms with Crippen LogP contribution < -0.4 is 11.5 Å². The predicted octanol–water partition coefficient (Wildman–Crippen LogP) is 0.0638. The minimum absolute atomic E-state index is 0.302. The van der Waals surface area contributed by atoms with Crippen LogP contribution in [-0.4, -0.2) is 31.2 Å². The SMILES string of the molecule is NC1CCC(n2cc(-c3noc(=O)[nH]3)nn2)CC1. The molecule has 0 radical (unpaired) electrons. The molecule has 8 heteroatoms. The molecule has 2 aromatic heterocycles. The normalized spacial score (nSPS) is 24.3. The van der Waals surface area contributed by atoms with E-state index in [4.69, 9.17) is 5.73 Å². The molecule has 2 aromatic rings. The maximum Gasteiger partial charge on any atom is 0.439 e. The maximum absolute atomic E-state index is 10.9. The lowest BCUT2D eigenvalue weighted by Gasteiger charge is -2.25. The summed E-state index contributed by atoms with van der Waals surface area (Å²) in [5.74, 6) is -0.290. The van der Waals surface area contributed by atoms with Crippen molar-refractivity contribution in [2.45, 2.75) is 37.8 Å². The monoisotopic (exact) mass is 250 g/mol. The number of rotatable bonds is 2. The average Bonchev–Trinajstić information content (AvgIpc) is 2.98. The highest BCUT2D eigenvalue weighted by molar-refractivity contribution is 5.44. The smallest absolute Gasteiger partial charge is 0.328 e. The first-order valence-corrected chi connectivity index (χ1v) is 5.96. The molecule has 1 aliphatic rings. The van der Waals surface area contributed by atoms with E-state index in [0.717, 1.165) is 25.7 Å². The fraction of sp³-hybridized carbons (Fsp3) is 0.600. The Morgan fingerprint density at radius 1 is 1.39 bits per heavy atom. The van der Waals surface area contributed by atoms with Gasteiger partial charge in [0.25, 0.3) is 0 Å². The molecule has 96 valence electrons. The minimum Gasteiger partial charge on any atom is -0.328 e. The van der Waals surface area contributed by atoms with Crippen molar-refractivity contribution in [3.63, 3.8) is 0 Å². The van der Waals surface area contributed by atoms with E-state index in [1.165, 1.54) is 0 Å². The zero-order valence-corrected chi connectivity index (χ0v) is 9.74. The van der Waals surface area contributed by atoms with Gasteiger partial charge < -0.3 is 5.73 Å². The molecule has 1 fully saturated rings. The molecule has 0 atom stereocenters. The molecule has 0 unspecified atom stereocenters. The average molecular weight is 250 g/mol. The summed E-state index contributed by atoms with van der Waals surface area (Å²) in [5, 5.41) is 11.6. The van der Waals surface area contributed by atoms with E-state index in [-0.39, 0.29) is 0 Å². The van der Waals surface area contributed by atoms with Gasteiger partial charge >= 0.3 is 5.76 Å². The van der Waals surface area contributed by atoms with Crippen molar-refractivity contribution in [3.8, 4) is 11.5 Å². The Balaban J connectivity index is 1.79. The minimum atomic E-state index is -0.594. The van der Waals surface area contributed by atoms with Gasteiger partial charge in [-0.2, -0.15) is 0 Å². The number of aromatic amines is 1. The van der Waals surface area contributed by atoms with E-state index >= 15 is 0 Å². The van der Waals surface area contributed by atoms with Crippen molar-refractivity contribution in [1.29, 1.82) is 0 Å². The third-order valence-corrected chi connectivity index (χ3v) is 3.31. The van der Waals surface area contributed by atoms with Gasteiger partial charge in [-0.15, -0.1) is 5.10 Å². The number of aromatic nitrogens is 5. The second-order valence-electron chi connectivity index (χ2n) is 4.60. The first-order valence-electron chi connectivity index (χ1n) is 5.96. The molecule has 0 saturated heterocycles. The van der Waals surface area contributed by atoms with Crippen LogP contribution in [0.25, 0.3) is 11.5 Å². The number of nitrogens with zero attached hydrogens (tertiary/aromatic N) is 4. The van der Waals surface area contributed by atoms with Crippen LogP contribution in [0.15, 0.2) is 15.5 Å². The number of nitrogens with one attached hydrogen (secondary N) is 1. The molecular weight excluding hydrogens is 236 g/mol. The Bertz CT molecular complexity index is 577. The van der Waals surface area contributed by atoms with Crippen molar-refractivity contribution >= 4 is 0 Å². The number of H-pyrrole nitrogens is 1. The van der Waals surface area contributed by atoms with E-state index in [2.05, 4.69) is 25.0 Å². The third-order valence-electron chi connectivity index (χ3n) is 3.31. The first-order chi connectivity index (χ1) is 8.72. The van der Waals surface area contributed by atoms with Crippen molar-refractivity contribution in [1.82, 2.24) is 25.1 Å². The Hall–Kier alpha value is -1.96. The van der Waals surface area contributed by atoms with Crippen molar-refractivity contribution in [2.24, 2.45) is 5.73 Å². The molecule has 3 N–H and O–H groups in total. The lowest BCUT2D eigenvalue weighted by Crippen LogP contribution is -2.28. The highest BCUT2D eigenvalue weighted by Crippen LogP contribution is 2.27. The number of hydrogen-bond acceptors (Lipinski definition) is 6. The van der Waals surface area contributed by atoms with Gasteiger partial charge in [0.15, 0.2) is 5.69 Å². The number of nitrogens with two attached hydrogens (primary N) is 1. The van der Waals surface area contributed by atoms with Gasteiger partial charge in [-0.25, -0.2) is 9.48 Å². The van der Waals surface area contributed by atoms with Crippen LogP contribution in [0.5, 0.6) is 0 Å². The Labute approximate surface area is 102 Å². The molecule has 2 heterocycles. The summed E-state index contributed by atoms with van der Waals surface area (Å²) in [5.41, 5.74) is 6.38. The summed E-state index contributed by atoms with van der Waals surface area (Å²) in [4.78, 5) is 13.3. The van der Waals surface area contributed by atoms with Gasteiger partial charge in [0, 0.05) is 6.04 Å². The predicted molar refractivity (Wildman–Crippen MR) is 61.6 cm³/mol. The van der Waals surface area contributed by atoms with E-state index in [9.17, 15) is 4.79 Å². The molecular formula is C10H14N6O2. The summed E-state index contributed by atoms with van der Waals surface area (Å²) < 4.78 is 6.25. The molecule has 0 amide bonds. The van der Waals surface area contributed by atoms with Crippen molar-refractivity contribution < 1.29 is 4.52 Å². The summed E-state index contributed by atoms with van der Waals surface area (Å²) in [6.45, 7) is 0. The highest BCUT2D eigenvalue weighted by atomic mass is 16.5. The van der Waals surface area contributed by atoms with Crippen LogP contribution in [0.2, 0.25) is 0 Å². The summed E-state index contributed by atoms with van der Waals surface area (Å²) in [6, 6.07) is 0.626.